The predicted molar refractivity (Wildman–Crippen MR) is 84.7 cm³/mol. The highest BCUT2D eigenvalue weighted by Crippen LogP contribution is 2.20. The van der Waals surface area contributed by atoms with Crippen molar-refractivity contribution < 1.29 is 0 Å². The fraction of sp³-hybridized carbons (Fsp3) is 0. The molecule has 0 aliphatic carbocycles. The molecule has 6 heteroatoms. The second kappa shape index (κ2) is 5.22. The number of H-pyrrole nitrogens is 1. The lowest BCUT2D eigenvalue weighted by Gasteiger charge is -2.06. The van der Waals surface area contributed by atoms with Crippen LogP contribution in [0.15, 0.2) is 48.7 Å². The molecule has 0 amide bonds. The minimum Gasteiger partial charge on any atom is -0.267 e. The molecular formula is C13H9IN4S. The van der Waals surface area contributed by atoms with E-state index < -0.39 is 0 Å². The van der Waals surface area contributed by atoms with Gasteiger partial charge in [-0.05, 0) is 65.1 Å². The Hall–Kier alpha value is -1.54. The molecule has 3 aromatic rings. The zero-order valence-electron chi connectivity index (χ0n) is 9.75. The van der Waals surface area contributed by atoms with Gasteiger partial charge in [-0.2, -0.15) is 5.10 Å². The van der Waals surface area contributed by atoms with Crippen molar-refractivity contribution in [2.24, 2.45) is 0 Å². The SMILES string of the molecule is S=c1[nH]nc(-c2ccccn2)n1-c1cccc(I)c1. The Morgan fingerprint density at radius 2 is 2.05 bits per heavy atom. The van der Waals surface area contributed by atoms with Crippen molar-refractivity contribution in [2.45, 2.75) is 0 Å². The number of hydrogen-bond donors (Lipinski definition) is 1. The van der Waals surface area contributed by atoms with Gasteiger partial charge in [-0.15, -0.1) is 0 Å². The molecule has 0 fully saturated rings. The Bertz CT molecular complexity index is 764. The summed E-state index contributed by atoms with van der Waals surface area (Å²) in [5.41, 5.74) is 1.76. The van der Waals surface area contributed by atoms with Crippen molar-refractivity contribution >= 4 is 34.8 Å². The van der Waals surface area contributed by atoms with Crippen molar-refractivity contribution in [1.82, 2.24) is 19.7 Å². The average Bonchev–Trinajstić information content (AvgIpc) is 2.82. The quantitative estimate of drug-likeness (QED) is 0.546. The zero-order chi connectivity index (χ0) is 13.2. The van der Waals surface area contributed by atoms with Crippen molar-refractivity contribution in [3.63, 3.8) is 0 Å². The third-order valence-electron chi connectivity index (χ3n) is 2.63. The normalized spacial score (nSPS) is 10.6. The maximum Gasteiger partial charge on any atom is 0.200 e. The molecule has 2 heterocycles. The lowest BCUT2D eigenvalue weighted by molar-refractivity contribution is 1.03. The van der Waals surface area contributed by atoms with E-state index in [1.165, 1.54) is 0 Å². The minimum absolute atomic E-state index is 0.558. The van der Waals surface area contributed by atoms with Gasteiger partial charge in [-0.3, -0.25) is 14.6 Å². The first-order valence-electron chi connectivity index (χ1n) is 5.60. The van der Waals surface area contributed by atoms with E-state index in [4.69, 9.17) is 12.2 Å². The number of hydrogen-bond acceptors (Lipinski definition) is 3. The van der Waals surface area contributed by atoms with E-state index in [1.54, 1.807) is 6.20 Å². The van der Waals surface area contributed by atoms with Crippen molar-refractivity contribution in [3.05, 3.63) is 57.0 Å². The summed E-state index contributed by atoms with van der Waals surface area (Å²) in [6.45, 7) is 0. The number of benzene rings is 1. The fourth-order valence-electron chi connectivity index (χ4n) is 1.82. The van der Waals surface area contributed by atoms with Crippen LogP contribution in [-0.4, -0.2) is 19.7 Å². The van der Waals surface area contributed by atoms with Gasteiger partial charge in [0.15, 0.2) is 10.6 Å². The molecular weight excluding hydrogens is 371 g/mol. The lowest BCUT2D eigenvalue weighted by atomic mass is 10.3. The van der Waals surface area contributed by atoms with Gasteiger partial charge in [-0.1, -0.05) is 12.1 Å². The van der Waals surface area contributed by atoms with Crippen LogP contribution in [0.25, 0.3) is 17.2 Å². The number of aromatic amines is 1. The van der Waals surface area contributed by atoms with Gasteiger partial charge >= 0.3 is 0 Å². The van der Waals surface area contributed by atoms with Crippen molar-refractivity contribution in [2.75, 3.05) is 0 Å². The van der Waals surface area contributed by atoms with E-state index in [0.29, 0.717) is 10.6 Å². The molecule has 3 rings (SSSR count). The predicted octanol–water partition coefficient (Wildman–Crippen LogP) is 3.60. The highest BCUT2D eigenvalue weighted by Gasteiger charge is 2.11. The summed E-state index contributed by atoms with van der Waals surface area (Å²) in [5, 5.41) is 7.10. The third-order valence-corrected chi connectivity index (χ3v) is 3.58. The number of halogens is 1. The van der Waals surface area contributed by atoms with Gasteiger partial charge in [0.2, 0.25) is 0 Å². The molecule has 19 heavy (non-hydrogen) atoms. The maximum absolute atomic E-state index is 5.31. The van der Waals surface area contributed by atoms with Crippen LogP contribution in [0.5, 0.6) is 0 Å². The smallest absolute Gasteiger partial charge is 0.200 e. The highest BCUT2D eigenvalue weighted by molar-refractivity contribution is 14.1. The number of nitrogens with zero attached hydrogens (tertiary/aromatic N) is 3. The molecule has 0 radical (unpaired) electrons. The van der Waals surface area contributed by atoms with Crippen LogP contribution >= 0.6 is 34.8 Å². The summed E-state index contributed by atoms with van der Waals surface area (Å²) in [4.78, 5) is 4.32. The Morgan fingerprint density at radius 3 is 2.79 bits per heavy atom. The molecule has 94 valence electrons. The molecule has 0 atom stereocenters. The van der Waals surface area contributed by atoms with E-state index in [-0.39, 0.29) is 0 Å². The standard InChI is InChI=1S/C13H9IN4S/c14-9-4-3-5-10(8-9)18-12(16-17-13(18)19)11-6-1-2-7-15-11/h1-8H,(H,17,19). The summed E-state index contributed by atoms with van der Waals surface area (Å²) >= 11 is 7.59. The van der Waals surface area contributed by atoms with Gasteiger partial charge < -0.3 is 0 Å². The van der Waals surface area contributed by atoms with Gasteiger partial charge in [0.1, 0.15) is 5.69 Å². The first kappa shape index (κ1) is 12.5. The van der Waals surface area contributed by atoms with Crippen LogP contribution in [0, 0.1) is 8.34 Å². The molecule has 0 saturated heterocycles. The van der Waals surface area contributed by atoms with Crippen molar-refractivity contribution in [3.8, 4) is 17.2 Å². The summed E-state index contributed by atoms with van der Waals surface area (Å²) in [7, 11) is 0. The molecule has 0 bridgehead atoms. The number of aromatic nitrogens is 4. The molecule has 0 spiro atoms. The third kappa shape index (κ3) is 2.45. The summed E-state index contributed by atoms with van der Waals surface area (Å²) in [6.07, 6.45) is 1.74. The Labute approximate surface area is 128 Å². The summed E-state index contributed by atoms with van der Waals surface area (Å²) < 4.78 is 3.59. The van der Waals surface area contributed by atoms with Crippen LogP contribution in [0.2, 0.25) is 0 Å². The zero-order valence-corrected chi connectivity index (χ0v) is 12.7. The minimum atomic E-state index is 0.558. The van der Waals surface area contributed by atoms with Crippen LogP contribution in [0.1, 0.15) is 0 Å². The molecule has 4 nitrogen and oxygen atoms in total. The van der Waals surface area contributed by atoms with E-state index in [2.05, 4.69) is 43.8 Å². The number of pyridine rings is 1. The van der Waals surface area contributed by atoms with Crippen molar-refractivity contribution in [1.29, 1.82) is 0 Å². The van der Waals surface area contributed by atoms with Gasteiger partial charge in [0.05, 0.1) is 5.69 Å². The van der Waals surface area contributed by atoms with E-state index in [1.807, 2.05) is 41.0 Å². The van der Waals surface area contributed by atoms with E-state index in [0.717, 1.165) is 15.0 Å². The van der Waals surface area contributed by atoms with Crippen LogP contribution in [-0.2, 0) is 0 Å². The molecule has 0 aliphatic rings. The molecule has 0 unspecified atom stereocenters. The van der Waals surface area contributed by atoms with Crippen LogP contribution in [0.3, 0.4) is 0 Å². The van der Waals surface area contributed by atoms with Gasteiger partial charge in [0.25, 0.3) is 0 Å². The summed E-state index contributed by atoms with van der Waals surface area (Å²) in [6, 6.07) is 13.8. The van der Waals surface area contributed by atoms with E-state index in [9.17, 15) is 0 Å². The Kier molecular flexibility index (Phi) is 3.43. The average molecular weight is 380 g/mol. The van der Waals surface area contributed by atoms with Gasteiger partial charge in [-0.25, -0.2) is 0 Å². The fourth-order valence-corrected chi connectivity index (χ4v) is 2.58. The first-order chi connectivity index (χ1) is 9.25. The topological polar surface area (TPSA) is 46.5 Å². The summed E-state index contributed by atoms with van der Waals surface area (Å²) in [5.74, 6) is 0.715. The monoisotopic (exact) mass is 380 g/mol. The molecule has 0 aliphatic heterocycles. The van der Waals surface area contributed by atoms with E-state index >= 15 is 0 Å². The largest absolute Gasteiger partial charge is 0.267 e. The highest BCUT2D eigenvalue weighted by atomic mass is 127. The molecule has 1 N–H and O–H groups in total. The Morgan fingerprint density at radius 1 is 1.16 bits per heavy atom. The van der Waals surface area contributed by atoms with Crippen LogP contribution < -0.4 is 0 Å². The molecule has 2 aromatic heterocycles. The molecule has 0 saturated carbocycles. The van der Waals surface area contributed by atoms with Crippen LogP contribution in [0.4, 0.5) is 0 Å². The second-order valence-electron chi connectivity index (χ2n) is 3.88. The number of nitrogens with one attached hydrogen (secondary N) is 1. The Balaban J connectivity index is 2.23. The molecule has 1 aromatic carbocycles. The maximum atomic E-state index is 5.31. The first-order valence-corrected chi connectivity index (χ1v) is 7.09. The number of rotatable bonds is 2. The second-order valence-corrected chi connectivity index (χ2v) is 5.51. The lowest BCUT2D eigenvalue weighted by Crippen LogP contribution is -1.99. The van der Waals surface area contributed by atoms with Gasteiger partial charge in [0, 0.05) is 9.77 Å².